The van der Waals surface area contributed by atoms with Gasteiger partial charge in [-0.1, -0.05) is 35.5 Å². The lowest BCUT2D eigenvalue weighted by molar-refractivity contribution is 0.160. The molecule has 0 saturated heterocycles. The van der Waals surface area contributed by atoms with E-state index in [1.807, 2.05) is 54.2 Å². The number of hydrogen-bond donors (Lipinski definition) is 2. The average Bonchev–Trinajstić information content (AvgIpc) is 3.12. The second kappa shape index (κ2) is 8.39. The molecule has 4 aromatic rings. The molecule has 8 nitrogen and oxygen atoms in total. The van der Waals surface area contributed by atoms with Crippen molar-refractivity contribution in [2.24, 2.45) is 5.16 Å². The van der Waals surface area contributed by atoms with Crippen LogP contribution in [0.1, 0.15) is 18.1 Å². The highest BCUT2D eigenvalue weighted by Gasteiger charge is 2.09. The van der Waals surface area contributed by atoms with Gasteiger partial charge in [-0.05, 0) is 30.7 Å². The molecular weight excluding hydrogens is 366 g/mol. The number of benzene rings is 2. The van der Waals surface area contributed by atoms with Crippen molar-refractivity contribution >= 4 is 34.4 Å². The minimum atomic E-state index is 0.322. The van der Waals surface area contributed by atoms with Crippen LogP contribution in [0.5, 0.6) is 0 Å². The highest BCUT2D eigenvalue weighted by atomic mass is 16.6. The van der Waals surface area contributed by atoms with E-state index < -0.39 is 0 Å². The first-order chi connectivity index (χ1) is 14.2. The number of anilines is 3. The molecule has 0 spiro atoms. The molecule has 0 radical (unpaired) electrons. The van der Waals surface area contributed by atoms with Crippen LogP contribution in [0.3, 0.4) is 0 Å². The van der Waals surface area contributed by atoms with Crippen LogP contribution in [0.15, 0.2) is 66.2 Å². The molecule has 0 aliphatic carbocycles. The Balaban J connectivity index is 1.58. The molecule has 2 aromatic carbocycles. The summed E-state index contributed by atoms with van der Waals surface area (Å²) in [6.07, 6.45) is 4.95. The van der Waals surface area contributed by atoms with E-state index in [-0.39, 0.29) is 0 Å². The number of oxime groups is 1. The zero-order valence-corrected chi connectivity index (χ0v) is 16.0. The Morgan fingerprint density at radius 3 is 2.86 bits per heavy atom. The Hall–Kier alpha value is -3.94. The predicted octanol–water partition coefficient (Wildman–Crippen LogP) is 3.57. The number of rotatable bonds is 7. The lowest BCUT2D eigenvalue weighted by Gasteiger charge is -2.09. The van der Waals surface area contributed by atoms with Gasteiger partial charge in [-0.25, -0.2) is 9.97 Å². The van der Waals surface area contributed by atoms with Crippen molar-refractivity contribution in [1.82, 2.24) is 19.7 Å². The average molecular weight is 387 g/mol. The molecular formula is C21H21N7O. The van der Waals surface area contributed by atoms with Crippen molar-refractivity contribution in [3.05, 3.63) is 72.2 Å². The van der Waals surface area contributed by atoms with Gasteiger partial charge in [0.1, 0.15) is 24.6 Å². The Labute approximate surface area is 168 Å². The molecule has 0 aliphatic rings. The summed E-state index contributed by atoms with van der Waals surface area (Å²) in [6, 6.07) is 16.2. The largest absolute Gasteiger partial charge is 0.396 e. The summed E-state index contributed by atoms with van der Waals surface area (Å²) in [5.41, 5.74) is 9.53. The third-order valence-electron chi connectivity index (χ3n) is 4.30. The third kappa shape index (κ3) is 4.32. The van der Waals surface area contributed by atoms with E-state index >= 15 is 0 Å². The Morgan fingerprint density at radius 1 is 1.17 bits per heavy atom. The van der Waals surface area contributed by atoms with Crippen LogP contribution in [-0.2, 0) is 11.4 Å². The number of hydrogen-bond acceptors (Lipinski definition) is 7. The molecule has 0 bridgehead atoms. The second-order valence-electron chi connectivity index (χ2n) is 6.38. The fourth-order valence-corrected chi connectivity index (χ4v) is 2.94. The SMILES string of the molecule is CCON=Cc1c(N)ncnc1Nc1ccc2nn(Cc3ccccc3)cc2c1. The van der Waals surface area contributed by atoms with E-state index in [9.17, 15) is 0 Å². The molecule has 0 unspecified atom stereocenters. The third-order valence-corrected chi connectivity index (χ3v) is 4.30. The topological polar surface area (TPSA) is 103 Å². The zero-order chi connectivity index (χ0) is 20.1. The van der Waals surface area contributed by atoms with Crippen LogP contribution in [0.25, 0.3) is 10.9 Å². The second-order valence-corrected chi connectivity index (χ2v) is 6.38. The number of fused-ring (bicyclic) bond motifs is 1. The van der Waals surface area contributed by atoms with E-state index in [1.165, 1.54) is 18.1 Å². The minimum Gasteiger partial charge on any atom is -0.396 e. The highest BCUT2D eigenvalue weighted by molar-refractivity contribution is 5.93. The van der Waals surface area contributed by atoms with Gasteiger partial charge in [0.25, 0.3) is 0 Å². The van der Waals surface area contributed by atoms with Gasteiger partial charge in [0.15, 0.2) is 0 Å². The first kappa shape index (κ1) is 18.4. The van der Waals surface area contributed by atoms with Crippen molar-refractivity contribution in [3.63, 3.8) is 0 Å². The number of nitrogens with zero attached hydrogens (tertiary/aromatic N) is 5. The molecule has 8 heteroatoms. The van der Waals surface area contributed by atoms with Gasteiger partial charge in [0.05, 0.1) is 23.8 Å². The molecule has 29 heavy (non-hydrogen) atoms. The summed E-state index contributed by atoms with van der Waals surface area (Å²) in [5, 5.41) is 12.8. The van der Waals surface area contributed by atoms with Crippen molar-refractivity contribution in [2.75, 3.05) is 17.7 Å². The molecule has 4 rings (SSSR count). The standard InChI is InChI=1S/C21H21N7O/c1-2-29-25-11-18-20(22)23-14-24-21(18)26-17-8-9-19-16(10-17)13-28(27-19)12-15-6-4-3-5-7-15/h3-11,13-14H,2,12H2,1H3,(H3,22,23,24,26). The van der Waals surface area contributed by atoms with Crippen molar-refractivity contribution in [2.45, 2.75) is 13.5 Å². The van der Waals surface area contributed by atoms with Gasteiger partial charge in [-0.3, -0.25) is 4.68 Å². The van der Waals surface area contributed by atoms with E-state index in [2.05, 4.69) is 37.7 Å². The lowest BCUT2D eigenvalue weighted by Crippen LogP contribution is -2.05. The molecule has 0 fully saturated rings. The smallest absolute Gasteiger partial charge is 0.144 e. The van der Waals surface area contributed by atoms with E-state index in [0.717, 1.165) is 23.1 Å². The monoisotopic (exact) mass is 387 g/mol. The summed E-state index contributed by atoms with van der Waals surface area (Å²) < 4.78 is 1.94. The number of aromatic nitrogens is 4. The molecule has 146 valence electrons. The summed E-state index contributed by atoms with van der Waals surface area (Å²) in [5.74, 6) is 0.875. The van der Waals surface area contributed by atoms with Gasteiger partial charge in [0, 0.05) is 17.3 Å². The Kier molecular flexibility index (Phi) is 5.33. The maximum atomic E-state index is 5.97. The maximum Gasteiger partial charge on any atom is 0.144 e. The first-order valence-electron chi connectivity index (χ1n) is 9.27. The van der Waals surface area contributed by atoms with E-state index in [4.69, 9.17) is 10.6 Å². The molecule has 0 atom stereocenters. The molecule has 0 saturated carbocycles. The molecule has 2 heterocycles. The predicted molar refractivity (Wildman–Crippen MR) is 114 cm³/mol. The van der Waals surface area contributed by atoms with Crippen LogP contribution in [0.2, 0.25) is 0 Å². The minimum absolute atomic E-state index is 0.322. The van der Waals surface area contributed by atoms with Crippen LogP contribution >= 0.6 is 0 Å². The van der Waals surface area contributed by atoms with Gasteiger partial charge >= 0.3 is 0 Å². The number of nitrogens with one attached hydrogen (secondary N) is 1. The quantitative estimate of drug-likeness (QED) is 0.371. The summed E-state index contributed by atoms with van der Waals surface area (Å²) >= 11 is 0. The number of nitrogens with two attached hydrogens (primary N) is 1. The first-order valence-corrected chi connectivity index (χ1v) is 9.27. The van der Waals surface area contributed by atoms with Crippen LogP contribution in [-0.4, -0.2) is 32.6 Å². The summed E-state index contributed by atoms with van der Waals surface area (Å²) in [7, 11) is 0. The van der Waals surface area contributed by atoms with E-state index in [1.54, 1.807) is 0 Å². The lowest BCUT2D eigenvalue weighted by atomic mass is 10.2. The molecule has 0 aliphatic heterocycles. The van der Waals surface area contributed by atoms with Crippen molar-refractivity contribution in [3.8, 4) is 0 Å². The molecule has 2 aromatic heterocycles. The Bertz CT molecular complexity index is 1140. The van der Waals surface area contributed by atoms with Gasteiger partial charge < -0.3 is 15.9 Å². The van der Waals surface area contributed by atoms with Crippen molar-refractivity contribution in [1.29, 1.82) is 0 Å². The van der Waals surface area contributed by atoms with E-state index in [0.29, 0.717) is 23.8 Å². The van der Waals surface area contributed by atoms with Crippen LogP contribution in [0.4, 0.5) is 17.3 Å². The maximum absolute atomic E-state index is 5.97. The highest BCUT2D eigenvalue weighted by Crippen LogP contribution is 2.24. The zero-order valence-electron chi connectivity index (χ0n) is 16.0. The summed E-state index contributed by atoms with van der Waals surface area (Å²) in [4.78, 5) is 13.3. The fraction of sp³-hybridized carbons (Fsp3) is 0.143. The van der Waals surface area contributed by atoms with Gasteiger partial charge in [-0.2, -0.15) is 5.10 Å². The summed E-state index contributed by atoms with van der Waals surface area (Å²) in [6.45, 7) is 3.05. The molecule has 3 N–H and O–H groups in total. The fourth-order valence-electron chi connectivity index (χ4n) is 2.94. The number of nitrogen functional groups attached to an aromatic ring is 1. The van der Waals surface area contributed by atoms with Crippen LogP contribution in [0, 0.1) is 0 Å². The van der Waals surface area contributed by atoms with Gasteiger partial charge in [-0.15, -0.1) is 0 Å². The van der Waals surface area contributed by atoms with Gasteiger partial charge in [0.2, 0.25) is 0 Å². The van der Waals surface area contributed by atoms with Crippen molar-refractivity contribution < 1.29 is 4.84 Å². The van der Waals surface area contributed by atoms with Crippen LogP contribution < -0.4 is 11.1 Å². The molecule has 0 amide bonds. The normalized spacial score (nSPS) is 11.2. The Morgan fingerprint density at radius 2 is 2.03 bits per heavy atom.